The molecular weight excluding hydrogens is 357 g/mol. The molecule has 6 heteroatoms. The molecule has 0 spiro atoms. The molecule has 0 radical (unpaired) electrons. The van der Waals surface area contributed by atoms with Crippen molar-refractivity contribution in [3.05, 3.63) is 58.3 Å². The molecule has 0 aliphatic carbocycles. The van der Waals surface area contributed by atoms with Gasteiger partial charge in [-0.2, -0.15) is 0 Å². The Balaban J connectivity index is 2.55. The summed E-state index contributed by atoms with van der Waals surface area (Å²) >= 11 is 3.02. The van der Waals surface area contributed by atoms with Gasteiger partial charge < -0.3 is 0 Å². The smallest absolute Gasteiger partial charge is 0.264 e. The number of sulfonamides is 1. The minimum Gasteiger partial charge on any atom is -0.266 e. The van der Waals surface area contributed by atoms with Crippen LogP contribution < -0.4 is 4.31 Å². The lowest BCUT2D eigenvalue weighted by Gasteiger charge is -2.24. The van der Waals surface area contributed by atoms with Crippen LogP contribution in [0.25, 0.3) is 0 Å². The fourth-order valence-electron chi connectivity index (χ4n) is 2.08. The van der Waals surface area contributed by atoms with E-state index in [0.29, 0.717) is 5.69 Å². The molecule has 0 saturated heterocycles. The molecule has 3 nitrogen and oxygen atoms in total. The van der Waals surface area contributed by atoms with Crippen molar-refractivity contribution in [2.45, 2.75) is 18.7 Å². The molecule has 2 aromatic carbocycles. The molecule has 112 valence electrons. The first-order valence-corrected chi connectivity index (χ1v) is 8.64. The van der Waals surface area contributed by atoms with E-state index in [1.54, 1.807) is 19.1 Å². The number of nitrogens with zero attached hydrogens (tertiary/aromatic N) is 1. The third-order valence-corrected chi connectivity index (χ3v) is 5.68. The Bertz CT molecular complexity index is 762. The molecule has 21 heavy (non-hydrogen) atoms. The van der Waals surface area contributed by atoms with Gasteiger partial charge in [-0.25, -0.2) is 12.8 Å². The highest BCUT2D eigenvalue weighted by Gasteiger charge is 2.25. The van der Waals surface area contributed by atoms with Crippen molar-refractivity contribution in [3.63, 3.8) is 0 Å². The fraction of sp³-hybridized carbons (Fsp3) is 0.200. The largest absolute Gasteiger partial charge is 0.266 e. The molecule has 0 unspecified atom stereocenters. The zero-order chi connectivity index (χ0) is 15.6. The summed E-state index contributed by atoms with van der Waals surface area (Å²) in [6.45, 7) is 3.86. The van der Waals surface area contributed by atoms with Gasteiger partial charge in [-0.1, -0.05) is 18.2 Å². The van der Waals surface area contributed by atoms with E-state index in [1.807, 2.05) is 19.1 Å². The van der Waals surface area contributed by atoms with E-state index in [1.165, 1.54) is 16.4 Å². The third kappa shape index (κ3) is 3.11. The van der Waals surface area contributed by atoms with Gasteiger partial charge in [0.05, 0.1) is 15.1 Å². The van der Waals surface area contributed by atoms with E-state index in [4.69, 9.17) is 0 Å². The predicted octanol–water partition coefficient (Wildman–Crippen LogP) is 4.11. The van der Waals surface area contributed by atoms with Crippen LogP contribution in [0, 0.1) is 12.7 Å². The molecule has 0 atom stereocenters. The van der Waals surface area contributed by atoms with E-state index >= 15 is 0 Å². The minimum atomic E-state index is -3.79. The zero-order valence-corrected chi connectivity index (χ0v) is 14.1. The summed E-state index contributed by atoms with van der Waals surface area (Å²) in [5.41, 5.74) is 1.45. The summed E-state index contributed by atoms with van der Waals surface area (Å²) in [5, 5.41) is 0. The van der Waals surface area contributed by atoms with Gasteiger partial charge in [-0.15, -0.1) is 0 Å². The molecule has 2 rings (SSSR count). The summed E-state index contributed by atoms with van der Waals surface area (Å²) in [7, 11) is -3.79. The molecule has 0 aliphatic rings. The van der Waals surface area contributed by atoms with Crippen molar-refractivity contribution < 1.29 is 12.8 Å². The molecule has 2 aromatic rings. The summed E-state index contributed by atoms with van der Waals surface area (Å²) in [6.07, 6.45) is 0. The van der Waals surface area contributed by atoms with Gasteiger partial charge in [0.2, 0.25) is 0 Å². The van der Waals surface area contributed by atoms with E-state index < -0.39 is 15.8 Å². The van der Waals surface area contributed by atoms with Gasteiger partial charge in [0.1, 0.15) is 5.82 Å². The first kappa shape index (κ1) is 16.0. The summed E-state index contributed by atoms with van der Waals surface area (Å²) in [5.74, 6) is -0.600. The average Bonchev–Trinajstić information content (AvgIpc) is 2.44. The second-order valence-corrected chi connectivity index (χ2v) is 7.25. The van der Waals surface area contributed by atoms with Crippen LogP contribution in [0.3, 0.4) is 0 Å². The van der Waals surface area contributed by atoms with E-state index in [2.05, 4.69) is 15.9 Å². The summed E-state index contributed by atoms with van der Waals surface area (Å²) in [6, 6.07) is 11.0. The van der Waals surface area contributed by atoms with Crippen LogP contribution in [-0.4, -0.2) is 15.0 Å². The lowest BCUT2D eigenvalue weighted by Crippen LogP contribution is -2.31. The normalized spacial score (nSPS) is 11.4. The maximum atomic E-state index is 13.6. The maximum Gasteiger partial charge on any atom is 0.264 e. The molecular formula is C15H15BrFNO2S. The number of para-hydroxylation sites is 1. The first-order chi connectivity index (χ1) is 9.87. The first-order valence-electron chi connectivity index (χ1n) is 6.41. The Morgan fingerprint density at radius 1 is 1.19 bits per heavy atom. The number of hydrogen-bond donors (Lipinski definition) is 0. The molecule has 0 heterocycles. The number of hydrogen-bond acceptors (Lipinski definition) is 2. The molecule has 0 aromatic heterocycles. The SMILES string of the molecule is CCN(c1ccccc1C)S(=O)(=O)c1ccc(Br)c(F)c1. The van der Waals surface area contributed by atoms with Crippen molar-refractivity contribution >= 4 is 31.6 Å². The second kappa shape index (κ2) is 6.15. The molecule has 0 amide bonds. The van der Waals surface area contributed by atoms with Gasteiger partial charge in [0, 0.05) is 6.54 Å². The van der Waals surface area contributed by atoms with Crippen LogP contribution in [0.15, 0.2) is 51.8 Å². The summed E-state index contributed by atoms with van der Waals surface area (Å²) < 4.78 is 40.6. The maximum absolute atomic E-state index is 13.6. The van der Waals surface area contributed by atoms with Crippen LogP contribution in [0.4, 0.5) is 10.1 Å². The average molecular weight is 372 g/mol. The van der Waals surface area contributed by atoms with Crippen LogP contribution in [0.5, 0.6) is 0 Å². The highest BCUT2D eigenvalue weighted by molar-refractivity contribution is 9.10. The Hall–Kier alpha value is -1.40. The van der Waals surface area contributed by atoms with E-state index in [9.17, 15) is 12.8 Å². The standard InChI is InChI=1S/C15H15BrFNO2S/c1-3-18(15-7-5-4-6-11(15)2)21(19,20)12-8-9-13(16)14(17)10-12/h4-10H,3H2,1-2H3. The van der Waals surface area contributed by atoms with Crippen molar-refractivity contribution in [1.82, 2.24) is 0 Å². The number of benzene rings is 2. The Kier molecular flexibility index (Phi) is 4.68. The molecule has 0 saturated carbocycles. The second-order valence-electron chi connectivity index (χ2n) is 4.53. The van der Waals surface area contributed by atoms with E-state index in [0.717, 1.165) is 11.6 Å². The fourth-order valence-corrected chi connectivity index (χ4v) is 3.87. The Labute approximate surface area is 132 Å². The number of rotatable bonds is 4. The predicted molar refractivity (Wildman–Crippen MR) is 85.5 cm³/mol. The monoisotopic (exact) mass is 371 g/mol. The van der Waals surface area contributed by atoms with Crippen LogP contribution >= 0.6 is 15.9 Å². The molecule has 0 aliphatic heterocycles. The third-order valence-electron chi connectivity index (χ3n) is 3.15. The van der Waals surface area contributed by atoms with Gasteiger partial charge in [0.25, 0.3) is 10.0 Å². The number of anilines is 1. The topological polar surface area (TPSA) is 37.4 Å². The molecule has 0 fully saturated rings. The summed E-state index contributed by atoms with van der Waals surface area (Å²) in [4.78, 5) is -0.0618. The molecule has 0 bridgehead atoms. The van der Waals surface area contributed by atoms with Crippen LogP contribution in [0.2, 0.25) is 0 Å². The van der Waals surface area contributed by atoms with E-state index in [-0.39, 0.29) is 15.9 Å². The number of aryl methyl sites for hydroxylation is 1. The Morgan fingerprint density at radius 3 is 2.43 bits per heavy atom. The highest BCUT2D eigenvalue weighted by atomic mass is 79.9. The lowest BCUT2D eigenvalue weighted by atomic mass is 10.2. The zero-order valence-electron chi connectivity index (χ0n) is 11.7. The highest BCUT2D eigenvalue weighted by Crippen LogP contribution is 2.28. The van der Waals surface area contributed by atoms with Gasteiger partial charge in [-0.05, 0) is 59.6 Å². The van der Waals surface area contributed by atoms with Crippen LogP contribution in [0.1, 0.15) is 12.5 Å². The van der Waals surface area contributed by atoms with Crippen molar-refractivity contribution in [3.8, 4) is 0 Å². The van der Waals surface area contributed by atoms with Gasteiger partial charge in [0.15, 0.2) is 0 Å². The minimum absolute atomic E-state index is 0.0618. The van der Waals surface area contributed by atoms with Crippen molar-refractivity contribution in [2.24, 2.45) is 0 Å². The lowest BCUT2D eigenvalue weighted by molar-refractivity contribution is 0.586. The van der Waals surface area contributed by atoms with Crippen molar-refractivity contribution in [1.29, 1.82) is 0 Å². The number of halogens is 2. The van der Waals surface area contributed by atoms with Gasteiger partial charge >= 0.3 is 0 Å². The molecule has 0 N–H and O–H groups in total. The van der Waals surface area contributed by atoms with Crippen LogP contribution in [-0.2, 0) is 10.0 Å². The van der Waals surface area contributed by atoms with Gasteiger partial charge in [-0.3, -0.25) is 4.31 Å². The quantitative estimate of drug-likeness (QED) is 0.810. The van der Waals surface area contributed by atoms with Crippen molar-refractivity contribution in [2.75, 3.05) is 10.8 Å². The Morgan fingerprint density at radius 2 is 1.86 bits per heavy atom.